The summed E-state index contributed by atoms with van der Waals surface area (Å²) in [6.45, 7) is 5.23. The van der Waals surface area contributed by atoms with Gasteiger partial charge in [0.05, 0.1) is 25.7 Å². The zero-order valence-corrected chi connectivity index (χ0v) is 19.9. The number of rotatable bonds is 5. The van der Waals surface area contributed by atoms with Crippen LogP contribution < -0.4 is 4.90 Å². The first-order valence-electron chi connectivity index (χ1n) is 10.3. The molecule has 1 aliphatic heterocycles. The van der Waals surface area contributed by atoms with Gasteiger partial charge in [-0.1, -0.05) is 41.5 Å². The number of para-hydroxylation sites is 1. The minimum Gasteiger partial charge on any atom is -0.284 e. The maximum atomic E-state index is 13.4. The summed E-state index contributed by atoms with van der Waals surface area (Å²) in [5.41, 5.74) is 2.06. The van der Waals surface area contributed by atoms with Crippen LogP contribution in [0.3, 0.4) is 0 Å². The van der Waals surface area contributed by atoms with Gasteiger partial charge in [0.15, 0.2) is 5.13 Å². The molecule has 9 heteroatoms. The molecule has 1 fully saturated rings. The van der Waals surface area contributed by atoms with Crippen molar-refractivity contribution in [1.29, 1.82) is 0 Å². The number of carbonyl (C=O) groups excluding carboxylic acids is 1. The van der Waals surface area contributed by atoms with Gasteiger partial charge in [-0.2, -0.15) is 4.31 Å². The number of hydrogen-bond donors (Lipinski definition) is 0. The zero-order chi connectivity index (χ0) is 22.2. The van der Waals surface area contributed by atoms with E-state index in [2.05, 4.69) is 4.98 Å². The third-order valence-corrected chi connectivity index (χ3v) is 8.79. The monoisotopic (exact) mass is 477 g/mol. The van der Waals surface area contributed by atoms with E-state index in [1.165, 1.54) is 33.8 Å². The van der Waals surface area contributed by atoms with Crippen LogP contribution in [0.15, 0.2) is 41.3 Å². The molecule has 0 unspecified atom stereocenters. The average Bonchev–Trinajstić information content (AvgIpc) is 3.20. The minimum absolute atomic E-state index is 0.0957. The van der Waals surface area contributed by atoms with Crippen molar-refractivity contribution in [3.05, 3.63) is 52.5 Å². The van der Waals surface area contributed by atoms with Crippen LogP contribution in [0.25, 0.3) is 10.2 Å². The second-order valence-electron chi connectivity index (χ2n) is 7.57. The first-order chi connectivity index (χ1) is 14.8. The number of hydrogen-bond acceptors (Lipinski definition) is 5. The van der Waals surface area contributed by atoms with Crippen molar-refractivity contribution in [2.75, 3.05) is 24.5 Å². The first kappa shape index (κ1) is 22.2. The van der Waals surface area contributed by atoms with Gasteiger partial charge in [-0.05, 0) is 56.5 Å². The molecule has 1 aliphatic rings. The van der Waals surface area contributed by atoms with Crippen LogP contribution in [0.1, 0.15) is 42.1 Å². The van der Waals surface area contributed by atoms with E-state index in [1.807, 2.05) is 32.0 Å². The summed E-state index contributed by atoms with van der Waals surface area (Å²) in [5, 5.41) is 0.787. The van der Waals surface area contributed by atoms with E-state index < -0.39 is 10.0 Å². The number of piperidine rings is 1. The molecule has 0 atom stereocenters. The molecule has 4 rings (SSSR count). The summed E-state index contributed by atoms with van der Waals surface area (Å²) in [6, 6.07) is 10.3. The number of anilines is 1. The van der Waals surface area contributed by atoms with Gasteiger partial charge < -0.3 is 0 Å². The highest BCUT2D eigenvalue weighted by atomic mass is 35.5. The lowest BCUT2D eigenvalue weighted by Crippen LogP contribution is -2.36. The summed E-state index contributed by atoms with van der Waals surface area (Å²) >= 11 is 7.78. The SMILES string of the molecule is CCN(C(=O)c1cc(S(=O)(=O)N2CCCCC2)ccc1Cl)c1nc2c(C)cccc2s1. The summed E-state index contributed by atoms with van der Waals surface area (Å²) < 4.78 is 28.7. The number of thiazole rings is 1. The number of sulfonamides is 1. The van der Waals surface area contributed by atoms with Crippen molar-refractivity contribution in [2.24, 2.45) is 0 Å². The van der Waals surface area contributed by atoms with Crippen LogP contribution in [0.2, 0.25) is 5.02 Å². The van der Waals surface area contributed by atoms with E-state index in [9.17, 15) is 13.2 Å². The van der Waals surface area contributed by atoms with E-state index in [1.54, 1.807) is 4.90 Å². The quantitative estimate of drug-likeness (QED) is 0.512. The lowest BCUT2D eigenvalue weighted by atomic mass is 10.2. The Morgan fingerprint density at radius 2 is 1.94 bits per heavy atom. The molecular weight excluding hydrogens is 454 g/mol. The lowest BCUT2D eigenvalue weighted by molar-refractivity contribution is 0.0988. The second kappa shape index (κ2) is 8.86. The van der Waals surface area contributed by atoms with Gasteiger partial charge in [0.1, 0.15) is 0 Å². The molecule has 0 bridgehead atoms. The van der Waals surface area contributed by atoms with Gasteiger partial charge in [-0.15, -0.1) is 0 Å². The van der Waals surface area contributed by atoms with Gasteiger partial charge in [0.25, 0.3) is 5.91 Å². The fourth-order valence-electron chi connectivity index (χ4n) is 3.78. The maximum Gasteiger partial charge on any atom is 0.261 e. The van der Waals surface area contributed by atoms with Crippen LogP contribution in [-0.4, -0.2) is 43.2 Å². The van der Waals surface area contributed by atoms with E-state index in [4.69, 9.17) is 11.6 Å². The number of aromatic nitrogens is 1. The number of carbonyl (C=O) groups is 1. The van der Waals surface area contributed by atoms with E-state index in [0.717, 1.165) is 35.0 Å². The topological polar surface area (TPSA) is 70.6 Å². The summed E-state index contributed by atoms with van der Waals surface area (Å²) in [4.78, 5) is 19.7. The van der Waals surface area contributed by atoms with Crippen LogP contribution in [0.4, 0.5) is 5.13 Å². The highest BCUT2D eigenvalue weighted by Crippen LogP contribution is 2.33. The van der Waals surface area contributed by atoms with Crippen molar-refractivity contribution >= 4 is 54.2 Å². The predicted octanol–water partition coefficient (Wildman–Crippen LogP) is 5.10. The Morgan fingerprint density at radius 1 is 1.19 bits per heavy atom. The largest absolute Gasteiger partial charge is 0.284 e. The van der Waals surface area contributed by atoms with Crippen LogP contribution >= 0.6 is 22.9 Å². The van der Waals surface area contributed by atoms with Crippen LogP contribution in [0.5, 0.6) is 0 Å². The van der Waals surface area contributed by atoms with E-state index >= 15 is 0 Å². The Kier molecular flexibility index (Phi) is 6.35. The normalized spacial score (nSPS) is 15.3. The Morgan fingerprint density at radius 3 is 2.61 bits per heavy atom. The molecular formula is C22H24ClN3O3S2. The Bertz CT molecular complexity index is 1230. The molecule has 0 aliphatic carbocycles. The Balaban J connectivity index is 1.71. The van der Waals surface area contributed by atoms with Crippen molar-refractivity contribution < 1.29 is 13.2 Å². The molecule has 1 saturated heterocycles. The maximum absolute atomic E-state index is 13.4. The molecule has 0 radical (unpaired) electrons. The minimum atomic E-state index is -3.67. The lowest BCUT2D eigenvalue weighted by Gasteiger charge is -2.26. The number of aryl methyl sites for hydroxylation is 1. The molecule has 31 heavy (non-hydrogen) atoms. The van der Waals surface area contributed by atoms with Crippen LogP contribution in [0, 0.1) is 6.92 Å². The van der Waals surface area contributed by atoms with Crippen LogP contribution in [-0.2, 0) is 10.0 Å². The average molecular weight is 478 g/mol. The number of halogens is 1. The molecule has 2 heterocycles. The summed E-state index contributed by atoms with van der Waals surface area (Å²) in [5.74, 6) is -0.361. The third-order valence-electron chi connectivity index (χ3n) is 5.52. The Hall–Kier alpha value is -2.00. The third kappa shape index (κ3) is 4.22. The smallest absolute Gasteiger partial charge is 0.261 e. The molecule has 2 aromatic carbocycles. The van der Waals surface area contributed by atoms with E-state index in [0.29, 0.717) is 24.8 Å². The fourth-order valence-corrected chi connectivity index (χ4v) is 6.63. The second-order valence-corrected chi connectivity index (χ2v) is 10.9. The van der Waals surface area contributed by atoms with Crippen molar-refractivity contribution in [1.82, 2.24) is 9.29 Å². The van der Waals surface area contributed by atoms with Gasteiger partial charge in [0, 0.05) is 19.6 Å². The van der Waals surface area contributed by atoms with Gasteiger partial charge in [-0.25, -0.2) is 13.4 Å². The number of amides is 1. The molecule has 1 aromatic heterocycles. The summed E-state index contributed by atoms with van der Waals surface area (Å²) in [6.07, 6.45) is 2.72. The standard InChI is InChI=1S/C22H24ClN3O3S2/c1-3-26(22-24-20-15(2)8-7-9-19(20)30-22)21(27)17-14-16(10-11-18(17)23)31(28,29)25-12-5-4-6-13-25/h7-11,14H,3-6,12-13H2,1-2H3. The Labute approximate surface area is 191 Å². The number of benzene rings is 2. The first-order valence-corrected chi connectivity index (χ1v) is 12.9. The molecule has 0 spiro atoms. The zero-order valence-electron chi connectivity index (χ0n) is 17.5. The molecule has 0 N–H and O–H groups in total. The predicted molar refractivity (Wildman–Crippen MR) is 126 cm³/mol. The van der Waals surface area contributed by atoms with E-state index in [-0.39, 0.29) is 21.4 Å². The summed E-state index contributed by atoms with van der Waals surface area (Å²) in [7, 11) is -3.67. The molecule has 0 saturated carbocycles. The fraction of sp³-hybridized carbons (Fsp3) is 0.364. The van der Waals surface area contributed by atoms with Crippen molar-refractivity contribution in [2.45, 2.75) is 38.0 Å². The molecule has 1 amide bonds. The van der Waals surface area contributed by atoms with Gasteiger partial charge in [-0.3, -0.25) is 9.69 Å². The number of nitrogens with zero attached hydrogens (tertiary/aromatic N) is 3. The van der Waals surface area contributed by atoms with Gasteiger partial charge >= 0.3 is 0 Å². The molecule has 6 nitrogen and oxygen atoms in total. The molecule has 164 valence electrons. The highest BCUT2D eigenvalue weighted by molar-refractivity contribution is 7.89. The highest BCUT2D eigenvalue weighted by Gasteiger charge is 2.29. The van der Waals surface area contributed by atoms with Crippen molar-refractivity contribution in [3.63, 3.8) is 0 Å². The van der Waals surface area contributed by atoms with Gasteiger partial charge in [0.2, 0.25) is 10.0 Å². The van der Waals surface area contributed by atoms with Crippen molar-refractivity contribution in [3.8, 4) is 0 Å². The number of fused-ring (bicyclic) bond motifs is 1. The molecule has 3 aromatic rings.